The normalized spacial score (nSPS) is 11.1. The molecule has 2 aromatic rings. The third-order valence-electron chi connectivity index (χ3n) is 3.59. The minimum atomic E-state index is -1.70. The molecule has 0 saturated carbocycles. The Hall–Kier alpha value is -2.90. The van der Waals surface area contributed by atoms with E-state index in [1.165, 1.54) is 13.8 Å². The number of halogens is 3. The molecule has 0 saturated heterocycles. The van der Waals surface area contributed by atoms with Gasteiger partial charge in [-0.3, -0.25) is 14.6 Å². The van der Waals surface area contributed by atoms with Gasteiger partial charge in [0.2, 0.25) is 11.8 Å². The van der Waals surface area contributed by atoms with Crippen LogP contribution in [0.2, 0.25) is 0 Å². The van der Waals surface area contributed by atoms with E-state index >= 15 is 0 Å². The number of aromatic nitrogens is 1. The molecule has 1 aromatic heterocycles. The number of nitrogens with one attached hydrogen (secondary N) is 2. The van der Waals surface area contributed by atoms with Crippen molar-refractivity contribution in [3.63, 3.8) is 0 Å². The van der Waals surface area contributed by atoms with Gasteiger partial charge in [0, 0.05) is 18.9 Å². The highest BCUT2D eigenvalue weighted by molar-refractivity contribution is 6.09. The van der Waals surface area contributed by atoms with Gasteiger partial charge in [0.05, 0.1) is 5.69 Å². The Balaban J connectivity index is 2.06. The van der Waals surface area contributed by atoms with Gasteiger partial charge < -0.3 is 10.6 Å². The fraction of sp³-hybridized carbons (Fsp3) is 0.235. The van der Waals surface area contributed by atoms with Crippen LogP contribution in [-0.4, -0.2) is 16.8 Å². The van der Waals surface area contributed by atoms with Gasteiger partial charge in [0.15, 0.2) is 17.5 Å². The molecule has 8 heteroatoms. The summed E-state index contributed by atoms with van der Waals surface area (Å²) in [6.07, 6.45) is 3.14. The molecule has 0 atom stereocenters. The molecule has 0 radical (unpaired) electrons. The van der Waals surface area contributed by atoms with Crippen molar-refractivity contribution >= 4 is 17.5 Å². The maximum absolute atomic E-state index is 13.6. The molecule has 0 fully saturated rings. The Kier molecular flexibility index (Phi) is 5.41. The van der Waals surface area contributed by atoms with Crippen molar-refractivity contribution < 1.29 is 22.8 Å². The highest BCUT2D eigenvalue weighted by atomic mass is 19.2. The largest absolute Gasteiger partial charge is 0.351 e. The summed E-state index contributed by atoms with van der Waals surface area (Å²) in [6, 6.07) is 5.01. The Morgan fingerprint density at radius 3 is 2.44 bits per heavy atom. The van der Waals surface area contributed by atoms with Crippen molar-refractivity contribution in [3.05, 3.63) is 59.7 Å². The number of amides is 2. The standard InChI is InChI=1S/C17H16F3N3O2/c1-17(2,15(24)22-9-10-4-3-7-21-8-10)16(25)23-12-6-5-11(18)13(19)14(12)20/h3-8H,9H2,1-2H3,(H,22,24)(H,23,25). The molecule has 0 aliphatic rings. The summed E-state index contributed by atoms with van der Waals surface area (Å²) >= 11 is 0. The number of carbonyl (C=O) groups excluding carboxylic acids is 2. The van der Waals surface area contributed by atoms with E-state index in [0.29, 0.717) is 6.07 Å². The first kappa shape index (κ1) is 18.4. The number of rotatable bonds is 5. The first-order valence-electron chi connectivity index (χ1n) is 7.35. The summed E-state index contributed by atoms with van der Waals surface area (Å²) in [5, 5.41) is 4.68. The lowest BCUT2D eigenvalue weighted by Crippen LogP contribution is -2.45. The second-order valence-corrected chi connectivity index (χ2v) is 5.85. The van der Waals surface area contributed by atoms with Crippen molar-refractivity contribution in [2.24, 2.45) is 5.41 Å². The Bertz CT molecular complexity index is 795. The molecule has 0 spiro atoms. The van der Waals surface area contributed by atoms with Gasteiger partial charge in [-0.1, -0.05) is 6.07 Å². The van der Waals surface area contributed by atoms with Crippen molar-refractivity contribution in [2.45, 2.75) is 20.4 Å². The number of carbonyl (C=O) groups is 2. The van der Waals surface area contributed by atoms with E-state index in [4.69, 9.17) is 0 Å². The quantitative estimate of drug-likeness (QED) is 0.643. The molecule has 0 aliphatic heterocycles. The van der Waals surface area contributed by atoms with Crippen molar-refractivity contribution in [3.8, 4) is 0 Å². The molecule has 0 bridgehead atoms. The predicted molar refractivity (Wildman–Crippen MR) is 84.8 cm³/mol. The summed E-state index contributed by atoms with van der Waals surface area (Å²) in [4.78, 5) is 28.4. The van der Waals surface area contributed by atoms with Gasteiger partial charge >= 0.3 is 0 Å². The summed E-state index contributed by atoms with van der Waals surface area (Å²) in [5.74, 6) is -6.07. The van der Waals surface area contributed by atoms with E-state index in [2.05, 4.69) is 15.6 Å². The van der Waals surface area contributed by atoms with Crippen LogP contribution < -0.4 is 10.6 Å². The van der Waals surface area contributed by atoms with Crippen molar-refractivity contribution in [1.82, 2.24) is 10.3 Å². The fourth-order valence-electron chi connectivity index (χ4n) is 1.91. The van der Waals surface area contributed by atoms with Gasteiger partial charge in [-0.25, -0.2) is 13.2 Å². The first-order chi connectivity index (χ1) is 11.7. The van der Waals surface area contributed by atoms with E-state index in [9.17, 15) is 22.8 Å². The summed E-state index contributed by atoms with van der Waals surface area (Å²) in [6.45, 7) is 2.82. The smallest absolute Gasteiger partial charge is 0.239 e. The number of nitrogens with zero attached hydrogens (tertiary/aromatic N) is 1. The molecule has 1 heterocycles. The molecular formula is C17H16F3N3O2. The zero-order valence-corrected chi connectivity index (χ0v) is 13.6. The van der Waals surface area contributed by atoms with Crippen LogP contribution >= 0.6 is 0 Å². The average molecular weight is 351 g/mol. The summed E-state index contributed by atoms with van der Waals surface area (Å²) in [5.41, 5.74) is -1.38. The highest BCUT2D eigenvalue weighted by Gasteiger charge is 2.36. The minimum Gasteiger partial charge on any atom is -0.351 e. The lowest BCUT2D eigenvalue weighted by molar-refractivity contribution is -0.138. The molecule has 2 N–H and O–H groups in total. The maximum atomic E-state index is 13.6. The first-order valence-corrected chi connectivity index (χ1v) is 7.35. The van der Waals surface area contributed by atoms with Gasteiger partial charge in [0.25, 0.3) is 0 Å². The van der Waals surface area contributed by atoms with Gasteiger partial charge in [-0.2, -0.15) is 0 Å². The number of hydrogen-bond acceptors (Lipinski definition) is 3. The zero-order chi connectivity index (χ0) is 18.6. The lowest BCUT2D eigenvalue weighted by atomic mass is 9.90. The maximum Gasteiger partial charge on any atom is 0.239 e. The van der Waals surface area contributed by atoms with E-state index in [-0.39, 0.29) is 6.54 Å². The number of benzene rings is 1. The highest BCUT2D eigenvalue weighted by Crippen LogP contribution is 2.23. The van der Waals surface area contributed by atoms with E-state index in [1.54, 1.807) is 24.5 Å². The molecule has 0 unspecified atom stereocenters. The third kappa shape index (κ3) is 4.14. The zero-order valence-electron chi connectivity index (χ0n) is 13.6. The van der Waals surface area contributed by atoms with Crippen molar-refractivity contribution in [2.75, 3.05) is 5.32 Å². The summed E-state index contributed by atoms with van der Waals surface area (Å²) in [7, 11) is 0. The number of hydrogen-bond donors (Lipinski definition) is 2. The second kappa shape index (κ2) is 7.33. The molecule has 1 aromatic carbocycles. The molecule has 2 amide bonds. The number of pyridine rings is 1. The lowest BCUT2D eigenvalue weighted by Gasteiger charge is -2.23. The van der Waals surface area contributed by atoms with E-state index in [1.807, 2.05) is 0 Å². The molecule has 5 nitrogen and oxygen atoms in total. The Morgan fingerprint density at radius 2 is 1.80 bits per heavy atom. The van der Waals surface area contributed by atoms with E-state index in [0.717, 1.165) is 11.6 Å². The third-order valence-corrected chi connectivity index (χ3v) is 3.59. The predicted octanol–water partition coefficient (Wildman–Crippen LogP) is 2.78. The monoisotopic (exact) mass is 351 g/mol. The Labute approximate surface area is 142 Å². The Morgan fingerprint density at radius 1 is 1.08 bits per heavy atom. The second-order valence-electron chi connectivity index (χ2n) is 5.85. The molecule has 132 valence electrons. The van der Waals surface area contributed by atoms with Crippen molar-refractivity contribution in [1.29, 1.82) is 0 Å². The van der Waals surface area contributed by atoms with Crippen LogP contribution in [0.4, 0.5) is 18.9 Å². The van der Waals surface area contributed by atoms with Gasteiger partial charge in [-0.15, -0.1) is 0 Å². The fourth-order valence-corrected chi connectivity index (χ4v) is 1.91. The molecule has 2 rings (SSSR count). The SMILES string of the molecule is CC(C)(C(=O)NCc1cccnc1)C(=O)Nc1ccc(F)c(F)c1F. The summed E-state index contributed by atoms with van der Waals surface area (Å²) < 4.78 is 39.8. The molecule has 0 aliphatic carbocycles. The molecule has 25 heavy (non-hydrogen) atoms. The van der Waals surface area contributed by atoms with Crippen LogP contribution in [0.15, 0.2) is 36.7 Å². The number of anilines is 1. The van der Waals surface area contributed by atoms with Gasteiger partial charge in [0.1, 0.15) is 5.41 Å². The van der Waals surface area contributed by atoms with Gasteiger partial charge in [-0.05, 0) is 37.6 Å². The minimum absolute atomic E-state index is 0.156. The van der Waals surface area contributed by atoms with Crippen LogP contribution in [0.1, 0.15) is 19.4 Å². The van der Waals surface area contributed by atoms with Crippen LogP contribution in [0.3, 0.4) is 0 Å². The van der Waals surface area contributed by atoms with Crippen LogP contribution in [0.5, 0.6) is 0 Å². The van der Waals surface area contributed by atoms with E-state index < -0.39 is 40.4 Å². The van der Waals surface area contributed by atoms with Crippen LogP contribution in [0, 0.1) is 22.9 Å². The van der Waals surface area contributed by atoms with Crippen LogP contribution in [0.25, 0.3) is 0 Å². The average Bonchev–Trinajstić information content (AvgIpc) is 2.60. The van der Waals surface area contributed by atoms with Crippen LogP contribution in [-0.2, 0) is 16.1 Å². The topological polar surface area (TPSA) is 71.1 Å². The molecular weight excluding hydrogens is 335 g/mol.